The first kappa shape index (κ1) is 12.0. The Morgan fingerprint density at radius 3 is 2.38 bits per heavy atom. The number of pyridine rings is 1. The maximum atomic E-state index is 6.16. The minimum Gasteiger partial charge on any atom is -0.486 e. The van der Waals surface area contributed by atoms with E-state index in [9.17, 15) is 0 Å². The van der Waals surface area contributed by atoms with Gasteiger partial charge in [0.15, 0.2) is 11.5 Å². The van der Waals surface area contributed by atoms with Crippen LogP contribution >= 0.6 is 0 Å². The molecule has 104 valence electrons. The van der Waals surface area contributed by atoms with E-state index in [0.29, 0.717) is 18.9 Å². The number of aromatic nitrogens is 1. The lowest BCUT2D eigenvalue weighted by Gasteiger charge is -2.19. The summed E-state index contributed by atoms with van der Waals surface area (Å²) in [5, 5.41) is 0.955. The lowest BCUT2D eigenvalue weighted by molar-refractivity contribution is 0.172. The summed E-state index contributed by atoms with van der Waals surface area (Å²) in [7, 11) is 0. The Morgan fingerprint density at radius 2 is 1.62 bits per heavy atom. The van der Waals surface area contributed by atoms with Crippen LogP contribution in [0.15, 0.2) is 48.5 Å². The van der Waals surface area contributed by atoms with Gasteiger partial charge >= 0.3 is 0 Å². The van der Waals surface area contributed by atoms with Crippen LogP contribution in [0.5, 0.6) is 11.5 Å². The van der Waals surface area contributed by atoms with Crippen LogP contribution in [0.25, 0.3) is 22.2 Å². The zero-order chi connectivity index (χ0) is 14.2. The van der Waals surface area contributed by atoms with E-state index in [1.54, 1.807) is 0 Å². The van der Waals surface area contributed by atoms with Gasteiger partial charge in [0, 0.05) is 17.0 Å². The number of benzene rings is 2. The molecule has 4 heteroatoms. The number of hydrogen-bond donors (Lipinski definition) is 1. The molecule has 0 aliphatic carbocycles. The molecule has 0 unspecified atom stereocenters. The first-order valence-electron chi connectivity index (χ1n) is 6.86. The molecule has 0 amide bonds. The second-order valence-electron chi connectivity index (χ2n) is 4.98. The number of ether oxygens (including phenoxy) is 2. The number of nitrogens with zero attached hydrogens (tertiary/aromatic N) is 1. The molecule has 3 aromatic rings. The van der Waals surface area contributed by atoms with Crippen molar-refractivity contribution in [3.8, 4) is 22.8 Å². The summed E-state index contributed by atoms with van der Waals surface area (Å²) < 4.78 is 11.2. The number of fused-ring (bicyclic) bond motifs is 2. The van der Waals surface area contributed by atoms with Gasteiger partial charge in [-0.25, -0.2) is 4.98 Å². The standard InChI is InChI=1S/C17H14N2O2/c18-13-8-12-9-15-16(21-7-6-20-15)10-14(12)19-17(13)11-4-2-1-3-5-11/h1-5,8-10H,6-7,18H2. The highest BCUT2D eigenvalue weighted by Crippen LogP contribution is 2.36. The summed E-state index contributed by atoms with van der Waals surface area (Å²) in [6.07, 6.45) is 0. The maximum Gasteiger partial charge on any atom is 0.163 e. The van der Waals surface area contributed by atoms with Crippen molar-refractivity contribution in [3.63, 3.8) is 0 Å². The zero-order valence-corrected chi connectivity index (χ0v) is 11.4. The van der Waals surface area contributed by atoms with Crippen molar-refractivity contribution in [1.29, 1.82) is 0 Å². The number of rotatable bonds is 1. The smallest absolute Gasteiger partial charge is 0.163 e. The zero-order valence-electron chi connectivity index (χ0n) is 11.4. The van der Waals surface area contributed by atoms with Gasteiger partial charge in [-0.1, -0.05) is 30.3 Å². The van der Waals surface area contributed by atoms with Crippen LogP contribution in [0.3, 0.4) is 0 Å². The minimum absolute atomic E-state index is 0.568. The lowest BCUT2D eigenvalue weighted by atomic mass is 10.1. The molecule has 1 aliphatic heterocycles. The summed E-state index contributed by atoms with van der Waals surface area (Å²) in [6.45, 7) is 1.14. The molecule has 1 aromatic heterocycles. The summed E-state index contributed by atoms with van der Waals surface area (Å²) in [4.78, 5) is 4.69. The van der Waals surface area contributed by atoms with E-state index in [0.717, 1.165) is 33.7 Å². The molecule has 0 saturated heterocycles. The molecule has 0 bridgehead atoms. The van der Waals surface area contributed by atoms with E-state index < -0.39 is 0 Å². The molecule has 2 heterocycles. The molecule has 4 nitrogen and oxygen atoms in total. The molecule has 1 aliphatic rings. The molecule has 0 atom stereocenters. The highest BCUT2D eigenvalue weighted by molar-refractivity contribution is 5.90. The fourth-order valence-electron chi connectivity index (χ4n) is 2.55. The van der Waals surface area contributed by atoms with E-state index >= 15 is 0 Å². The summed E-state index contributed by atoms with van der Waals surface area (Å²) >= 11 is 0. The maximum absolute atomic E-state index is 6.16. The Balaban J connectivity index is 1.92. The van der Waals surface area contributed by atoms with Gasteiger partial charge in [-0.3, -0.25) is 0 Å². The van der Waals surface area contributed by atoms with Crippen LogP contribution in [-0.2, 0) is 0 Å². The van der Waals surface area contributed by atoms with Gasteiger partial charge in [0.05, 0.1) is 16.9 Å². The molecule has 0 radical (unpaired) electrons. The van der Waals surface area contributed by atoms with E-state index in [-0.39, 0.29) is 0 Å². The van der Waals surface area contributed by atoms with Crippen LogP contribution in [0, 0.1) is 0 Å². The van der Waals surface area contributed by atoms with Crippen LogP contribution < -0.4 is 15.2 Å². The van der Waals surface area contributed by atoms with Crippen LogP contribution in [0.2, 0.25) is 0 Å². The van der Waals surface area contributed by atoms with Crippen molar-refractivity contribution in [1.82, 2.24) is 4.98 Å². The third kappa shape index (κ3) is 2.05. The monoisotopic (exact) mass is 278 g/mol. The molecular weight excluding hydrogens is 264 g/mol. The van der Waals surface area contributed by atoms with Crippen LogP contribution in [0.4, 0.5) is 5.69 Å². The van der Waals surface area contributed by atoms with Crippen LogP contribution in [0.1, 0.15) is 0 Å². The van der Waals surface area contributed by atoms with Crippen molar-refractivity contribution in [3.05, 3.63) is 48.5 Å². The number of anilines is 1. The van der Waals surface area contributed by atoms with Crippen LogP contribution in [-0.4, -0.2) is 18.2 Å². The van der Waals surface area contributed by atoms with E-state index in [1.165, 1.54) is 0 Å². The Morgan fingerprint density at radius 1 is 0.905 bits per heavy atom. The van der Waals surface area contributed by atoms with E-state index in [1.807, 2.05) is 48.5 Å². The largest absolute Gasteiger partial charge is 0.486 e. The van der Waals surface area contributed by atoms with E-state index in [4.69, 9.17) is 20.2 Å². The fourth-order valence-corrected chi connectivity index (χ4v) is 2.55. The van der Waals surface area contributed by atoms with Gasteiger partial charge in [-0.05, 0) is 12.1 Å². The van der Waals surface area contributed by atoms with Crippen molar-refractivity contribution >= 4 is 16.6 Å². The van der Waals surface area contributed by atoms with Crippen molar-refractivity contribution in [2.75, 3.05) is 18.9 Å². The summed E-state index contributed by atoms with van der Waals surface area (Å²) in [5.74, 6) is 1.49. The lowest BCUT2D eigenvalue weighted by Crippen LogP contribution is -2.15. The third-order valence-corrected chi connectivity index (χ3v) is 3.56. The third-order valence-electron chi connectivity index (χ3n) is 3.56. The topological polar surface area (TPSA) is 57.4 Å². The first-order chi connectivity index (χ1) is 10.3. The highest BCUT2D eigenvalue weighted by atomic mass is 16.6. The molecule has 21 heavy (non-hydrogen) atoms. The molecular formula is C17H14N2O2. The second kappa shape index (κ2) is 4.66. The quantitative estimate of drug-likeness (QED) is 0.742. The fraction of sp³-hybridized carbons (Fsp3) is 0.118. The average molecular weight is 278 g/mol. The Bertz CT molecular complexity index is 816. The predicted octanol–water partition coefficient (Wildman–Crippen LogP) is 3.26. The number of nitrogens with two attached hydrogens (primary N) is 1. The molecule has 4 rings (SSSR count). The average Bonchev–Trinajstić information content (AvgIpc) is 2.53. The first-order valence-corrected chi connectivity index (χ1v) is 6.86. The Hall–Kier alpha value is -2.75. The molecule has 2 aromatic carbocycles. The predicted molar refractivity (Wildman–Crippen MR) is 82.6 cm³/mol. The normalized spacial score (nSPS) is 13.3. The van der Waals surface area contributed by atoms with Crippen molar-refractivity contribution in [2.24, 2.45) is 0 Å². The van der Waals surface area contributed by atoms with E-state index in [2.05, 4.69) is 0 Å². The molecule has 0 saturated carbocycles. The highest BCUT2D eigenvalue weighted by Gasteiger charge is 2.15. The van der Waals surface area contributed by atoms with Gasteiger partial charge in [0.2, 0.25) is 0 Å². The SMILES string of the molecule is Nc1cc2cc3c(cc2nc1-c1ccccc1)OCCO3. The van der Waals surface area contributed by atoms with Gasteiger partial charge in [-0.15, -0.1) is 0 Å². The van der Waals surface area contributed by atoms with Gasteiger partial charge in [0.1, 0.15) is 13.2 Å². The van der Waals surface area contributed by atoms with Gasteiger partial charge < -0.3 is 15.2 Å². The minimum atomic E-state index is 0.568. The Kier molecular flexibility index (Phi) is 2.67. The van der Waals surface area contributed by atoms with Crippen molar-refractivity contribution in [2.45, 2.75) is 0 Å². The molecule has 0 fully saturated rings. The number of nitrogen functional groups attached to an aromatic ring is 1. The summed E-state index contributed by atoms with van der Waals surface area (Å²) in [6, 6.07) is 15.7. The van der Waals surface area contributed by atoms with Crippen molar-refractivity contribution < 1.29 is 9.47 Å². The summed E-state index contributed by atoms with van der Waals surface area (Å²) in [5.41, 5.74) is 9.47. The van der Waals surface area contributed by atoms with Gasteiger partial charge in [-0.2, -0.15) is 0 Å². The number of hydrogen-bond acceptors (Lipinski definition) is 4. The second-order valence-corrected chi connectivity index (χ2v) is 4.98. The molecule has 2 N–H and O–H groups in total. The Labute approximate surface area is 122 Å². The molecule has 0 spiro atoms. The van der Waals surface area contributed by atoms with Gasteiger partial charge in [0.25, 0.3) is 0 Å².